The van der Waals surface area contributed by atoms with Gasteiger partial charge < -0.3 is 15.2 Å². The predicted molar refractivity (Wildman–Crippen MR) is 94.7 cm³/mol. The largest absolute Gasteiger partial charge is 0.493 e. The normalized spacial score (nSPS) is 15.1. The van der Waals surface area contributed by atoms with Gasteiger partial charge in [0.05, 0.1) is 6.61 Å². The number of rotatable bonds is 6. The summed E-state index contributed by atoms with van der Waals surface area (Å²) in [6.07, 6.45) is 1.76. The number of carbonyl (C=O) groups excluding carboxylic acids is 1. The van der Waals surface area contributed by atoms with Crippen molar-refractivity contribution in [3.8, 4) is 16.9 Å². The van der Waals surface area contributed by atoms with E-state index >= 15 is 0 Å². The fourth-order valence-electron chi connectivity index (χ4n) is 3.03. The van der Waals surface area contributed by atoms with Gasteiger partial charge in [-0.05, 0) is 49.9 Å². The highest BCUT2D eigenvalue weighted by atomic mass is 16.5. The van der Waals surface area contributed by atoms with Crippen LogP contribution in [0.25, 0.3) is 11.1 Å². The van der Waals surface area contributed by atoms with Gasteiger partial charge in [-0.2, -0.15) is 0 Å². The summed E-state index contributed by atoms with van der Waals surface area (Å²) in [6.45, 7) is 2.48. The third kappa shape index (κ3) is 3.36. The number of carbonyl (C=O) groups is 2. The quantitative estimate of drug-likeness (QED) is 0.845. The van der Waals surface area contributed by atoms with Gasteiger partial charge in [0.15, 0.2) is 0 Å². The highest BCUT2D eigenvalue weighted by Gasteiger charge is 2.45. The first-order valence-electron chi connectivity index (χ1n) is 8.44. The molecule has 2 aromatic carbocycles. The molecule has 5 nitrogen and oxygen atoms in total. The van der Waals surface area contributed by atoms with Crippen LogP contribution in [-0.4, -0.2) is 29.1 Å². The fourth-order valence-corrected chi connectivity index (χ4v) is 3.03. The molecule has 5 heteroatoms. The summed E-state index contributed by atoms with van der Waals surface area (Å²) in [4.78, 5) is 24.0. The van der Waals surface area contributed by atoms with Crippen molar-refractivity contribution in [3.05, 3.63) is 54.1 Å². The molecule has 25 heavy (non-hydrogen) atoms. The summed E-state index contributed by atoms with van der Waals surface area (Å²) in [5.74, 6) is -0.577. The molecule has 3 rings (SSSR count). The number of carboxylic acids is 1. The maximum atomic E-state index is 12.5. The number of hydrogen-bond donors (Lipinski definition) is 2. The molecule has 1 amide bonds. The van der Waals surface area contributed by atoms with Gasteiger partial charge in [-0.25, -0.2) is 4.79 Å². The summed E-state index contributed by atoms with van der Waals surface area (Å²) in [7, 11) is 0. The summed E-state index contributed by atoms with van der Waals surface area (Å²) in [5, 5.41) is 12.1. The average molecular weight is 339 g/mol. The zero-order chi connectivity index (χ0) is 17.9. The number of aliphatic carboxylic acids is 1. The minimum absolute atomic E-state index is 0.363. The van der Waals surface area contributed by atoms with Gasteiger partial charge in [0.1, 0.15) is 11.3 Å². The van der Waals surface area contributed by atoms with Crippen LogP contribution in [0.3, 0.4) is 0 Å². The molecule has 1 fully saturated rings. The zero-order valence-corrected chi connectivity index (χ0v) is 14.1. The standard InChI is InChI=1S/C20H21NO4/c1-2-25-17-10-4-3-9-16(17)14-7-5-8-15(13-14)18(22)21-20(19(23)24)11-6-12-20/h3-5,7-10,13H,2,6,11-12H2,1H3,(H,21,22)(H,23,24). The number of para-hydroxylation sites is 1. The molecule has 2 N–H and O–H groups in total. The topological polar surface area (TPSA) is 75.6 Å². The Hall–Kier alpha value is -2.82. The van der Waals surface area contributed by atoms with Crippen molar-refractivity contribution in [3.63, 3.8) is 0 Å². The predicted octanol–water partition coefficient (Wildman–Crippen LogP) is 3.49. The molecule has 0 bridgehead atoms. The minimum Gasteiger partial charge on any atom is -0.493 e. The van der Waals surface area contributed by atoms with E-state index in [1.165, 1.54) is 0 Å². The lowest BCUT2D eigenvalue weighted by Gasteiger charge is -2.38. The van der Waals surface area contributed by atoms with E-state index in [-0.39, 0.29) is 5.91 Å². The summed E-state index contributed by atoms with van der Waals surface area (Å²) in [5.41, 5.74) is 1.08. The van der Waals surface area contributed by atoms with E-state index in [0.717, 1.165) is 23.3 Å². The maximum Gasteiger partial charge on any atom is 0.329 e. The first-order chi connectivity index (χ1) is 12.1. The van der Waals surface area contributed by atoms with Crippen molar-refractivity contribution in [2.24, 2.45) is 0 Å². The van der Waals surface area contributed by atoms with Crippen LogP contribution in [0.4, 0.5) is 0 Å². The van der Waals surface area contributed by atoms with Gasteiger partial charge in [-0.15, -0.1) is 0 Å². The Bertz CT molecular complexity index is 796. The molecule has 0 unspecified atom stereocenters. The summed E-state index contributed by atoms with van der Waals surface area (Å²) in [6, 6.07) is 14.8. The van der Waals surface area contributed by atoms with E-state index in [1.807, 2.05) is 37.3 Å². The van der Waals surface area contributed by atoms with Gasteiger partial charge in [0, 0.05) is 11.1 Å². The Kier molecular flexibility index (Phi) is 4.74. The van der Waals surface area contributed by atoms with Crippen LogP contribution in [0.15, 0.2) is 48.5 Å². The molecule has 0 heterocycles. The van der Waals surface area contributed by atoms with E-state index < -0.39 is 11.5 Å². The molecule has 0 saturated heterocycles. The molecular weight excluding hydrogens is 318 g/mol. The second-order valence-corrected chi connectivity index (χ2v) is 6.20. The van der Waals surface area contributed by atoms with Gasteiger partial charge in [-0.3, -0.25) is 4.79 Å². The smallest absolute Gasteiger partial charge is 0.329 e. The lowest BCUT2D eigenvalue weighted by Crippen LogP contribution is -2.59. The van der Waals surface area contributed by atoms with E-state index in [0.29, 0.717) is 25.0 Å². The second kappa shape index (κ2) is 6.97. The average Bonchev–Trinajstić information content (AvgIpc) is 2.58. The second-order valence-electron chi connectivity index (χ2n) is 6.20. The Morgan fingerprint density at radius 2 is 1.92 bits per heavy atom. The van der Waals surface area contributed by atoms with Crippen LogP contribution >= 0.6 is 0 Å². The molecule has 1 saturated carbocycles. The molecule has 2 aromatic rings. The lowest BCUT2D eigenvalue weighted by molar-refractivity contribution is -0.148. The molecule has 0 radical (unpaired) electrons. The third-order valence-electron chi connectivity index (χ3n) is 4.59. The van der Waals surface area contributed by atoms with Crippen molar-refractivity contribution in [2.75, 3.05) is 6.61 Å². The Morgan fingerprint density at radius 1 is 1.16 bits per heavy atom. The Morgan fingerprint density at radius 3 is 2.56 bits per heavy atom. The van der Waals surface area contributed by atoms with Gasteiger partial charge in [-0.1, -0.05) is 30.3 Å². The van der Waals surface area contributed by atoms with E-state index in [2.05, 4.69) is 5.32 Å². The number of nitrogens with one attached hydrogen (secondary N) is 1. The van der Waals surface area contributed by atoms with Crippen molar-refractivity contribution < 1.29 is 19.4 Å². The number of hydrogen-bond acceptors (Lipinski definition) is 3. The molecule has 1 aliphatic rings. The summed E-state index contributed by atoms with van der Waals surface area (Å²) >= 11 is 0. The van der Waals surface area contributed by atoms with Crippen LogP contribution < -0.4 is 10.1 Å². The first-order valence-corrected chi connectivity index (χ1v) is 8.44. The third-order valence-corrected chi connectivity index (χ3v) is 4.59. The van der Waals surface area contributed by atoms with Crippen molar-refractivity contribution >= 4 is 11.9 Å². The molecule has 130 valence electrons. The van der Waals surface area contributed by atoms with Crippen LogP contribution in [0.2, 0.25) is 0 Å². The Labute approximate surface area is 146 Å². The van der Waals surface area contributed by atoms with Gasteiger partial charge in [0.2, 0.25) is 0 Å². The van der Waals surface area contributed by atoms with Crippen molar-refractivity contribution in [1.82, 2.24) is 5.32 Å². The summed E-state index contributed by atoms with van der Waals surface area (Å²) < 4.78 is 5.65. The number of amides is 1. The first kappa shape index (κ1) is 17.0. The SMILES string of the molecule is CCOc1ccccc1-c1cccc(C(=O)NC2(C(=O)O)CCC2)c1. The number of benzene rings is 2. The number of carboxylic acid groups (broad SMARTS) is 1. The molecular formula is C20H21NO4. The molecule has 0 aliphatic heterocycles. The van der Waals surface area contributed by atoms with Crippen LogP contribution in [0.1, 0.15) is 36.5 Å². The van der Waals surface area contributed by atoms with Crippen LogP contribution in [0, 0.1) is 0 Å². The highest BCUT2D eigenvalue weighted by Crippen LogP contribution is 2.33. The molecule has 0 atom stereocenters. The molecule has 0 aromatic heterocycles. The molecule has 1 aliphatic carbocycles. The number of ether oxygens (including phenoxy) is 1. The van der Waals surface area contributed by atoms with E-state index in [9.17, 15) is 14.7 Å². The van der Waals surface area contributed by atoms with E-state index in [4.69, 9.17) is 4.74 Å². The van der Waals surface area contributed by atoms with E-state index in [1.54, 1.807) is 18.2 Å². The lowest BCUT2D eigenvalue weighted by atomic mass is 9.76. The molecule has 0 spiro atoms. The maximum absolute atomic E-state index is 12.5. The monoisotopic (exact) mass is 339 g/mol. The van der Waals surface area contributed by atoms with Crippen molar-refractivity contribution in [1.29, 1.82) is 0 Å². The van der Waals surface area contributed by atoms with Gasteiger partial charge in [0.25, 0.3) is 5.91 Å². The Balaban J connectivity index is 1.87. The van der Waals surface area contributed by atoms with Crippen LogP contribution in [0.5, 0.6) is 5.75 Å². The zero-order valence-electron chi connectivity index (χ0n) is 14.1. The van der Waals surface area contributed by atoms with Crippen LogP contribution in [-0.2, 0) is 4.79 Å². The fraction of sp³-hybridized carbons (Fsp3) is 0.300. The van der Waals surface area contributed by atoms with Crippen molar-refractivity contribution in [2.45, 2.75) is 31.7 Å². The minimum atomic E-state index is -1.11. The van der Waals surface area contributed by atoms with Gasteiger partial charge >= 0.3 is 5.97 Å². The highest BCUT2D eigenvalue weighted by molar-refractivity contribution is 5.99.